The van der Waals surface area contributed by atoms with Crippen molar-refractivity contribution >= 4 is 29.1 Å². The van der Waals surface area contributed by atoms with Crippen molar-refractivity contribution in [3.63, 3.8) is 0 Å². The summed E-state index contributed by atoms with van der Waals surface area (Å²) in [4.78, 5) is 29.8. The van der Waals surface area contributed by atoms with Crippen LogP contribution in [0.25, 0.3) is 0 Å². The molecule has 0 fully saturated rings. The number of carbonyl (C=O) groups is 2. The van der Waals surface area contributed by atoms with Gasteiger partial charge in [-0.1, -0.05) is 12.1 Å². The highest BCUT2D eigenvalue weighted by Gasteiger charge is 2.19. The lowest BCUT2D eigenvalue weighted by molar-refractivity contribution is -0.115. The van der Waals surface area contributed by atoms with Crippen molar-refractivity contribution in [2.45, 2.75) is 19.4 Å². The van der Waals surface area contributed by atoms with Crippen LogP contribution in [-0.2, 0) is 11.2 Å². The number of anilines is 3. The summed E-state index contributed by atoms with van der Waals surface area (Å²) in [5.41, 5.74) is 3.38. The van der Waals surface area contributed by atoms with Gasteiger partial charge >= 0.3 is 6.03 Å². The molecule has 1 aromatic heterocycles. The number of amides is 3. The highest BCUT2D eigenvalue weighted by atomic mass is 16.2. The molecule has 0 aliphatic carbocycles. The minimum absolute atomic E-state index is 0.000763. The molecule has 0 bridgehead atoms. The topological polar surface area (TPSA) is 86.4 Å². The van der Waals surface area contributed by atoms with E-state index in [9.17, 15) is 9.59 Å². The molecule has 1 unspecified atom stereocenters. The molecular formula is C18H21N5O2. The van der Waals surface area contributed by atoms with E-state index in [0.717, 1.165) is 22.6 Å². The number of hydrogen-bond donors (Lipinski definition) is 3. The van der Waals surface area contributed by atoms with E-state index in [1.54, 1.807) is 12.3 Å². The Morgan fingerprint density at radius 1 is 1.28 bits per heavy atom. The van der Waals surface area contributed by atoms with E-state index in [2.05, 4.69) is 20.9 Å². The van der Waals surface area contributed by atoms with Crippen LogP contribution in [0, 0.1) is 0 Å². The minimum Gasteiger partial charge on any atom is -0.363 e. The van der Waals surface area contributed by atoms with E-state index in [1.807, 2.05) is 50.2 Å². The second-order valence-corrected chi connectivity index (χ2v) is 6.26. The van der Waals surface area contributed by atoms with Gasteiger partial charge in [-0.2, -0.15) is 0 Å². The maximum atomic E-state index is 12.2. The first-order valence-corrected chi connectivity index (χ1v) is 8.06. The molecule has 1 aromatic carbocycles. The molecule has 0 saturated heterocycles. The van der Waals surface area contributed by atoms with Crippen molar-refractivity contribution in [1.82, 2.24) is 10.3 Å². The van der Waals surface area contributed by atoms with E-state index >= 15 is 0 Å². The maximum Gasteiger partial charge on any atom is 0.319 e. The number of nitrogens with zero attached hydrogens (tertiary/aromatic N) is 2. The Hall–Kier alpha value is -3.09. The van der Waals surface area contributed by atoms with Crippen molar-refractivity contribution in [1.29, 1.82) is 0 Å². The average molecular weight is 339 g/mol. The second-order valence-electron chi connectivity index (χ2n) is 6.26. The summed E-state index contributed by atoms with van der Waals surface area (Å²) in [7, 11) is 3.81. The molecule has 3 amide bonds. The Labute approximate surface area is 146 Å². The van der Waals surface area contributed by atoms with Crippen LogP contribution in [-0.4, -0.2) is 31.0 Å². The van der Waals surface area contributed by atoms with Crippen molar-refractivity contribution in [2.24, 2.45) is 0 Å². The highest BCUT2D eigenvalue weighted by Crippen LogP contribution is 2.26. The fraction of sp³-hybridized carbons (Fsp3) is 0.278. The van der Waals surface area contributed by atoms with Gasteiger partial charge in [-0.05, 0) is 36.2 Å². The molecule has 0 saturated carbocycles. The zero-order valence-corrected chi connectivity index (χ0v) is 14.5. The van der Waals surface area contributed by atoms with E-state index in [-0.39, 0.29) is 18.0 Å². The smallest absolute Gasteiger partial charge is 0.319 e. The number of pyridine rings is 1. The van der Waals surface area contributed by atoms with Gasteiger partial charge in [0, 0.05) is 19.8 Å². The van der Waals surface area contributed by atoms with Crippen LogP contribution < -0.4 is 20.9 Å². The quantitative estimate of drug-likeness (QED) is 0.799. The Bertz CT molecular complexity index is 802. The van der Waals surface area contributed by atoms with Gasteiger partial charge in [-0.3, -0.25) is 4.79 Å². The van der Waals surface area contributed by atoms with Gasteiger partial charge in [0.2, 0.25) is 5.91 Å². The van der Waals surface area contributed by atoms with Crippen LogP contribution in [0.15, 0.2) is 36.5 Å². The standard InChI is InChI=1S/C18H21N5O2/c1-11(12-4-6-15-13(8-12)9-17(24)22-15)20-18(25)21-14-5-7-16(19-10-14)23(2)3/h4-8,10-11H,9H2,1-3H3,(H,22,24)(H2,20,21,25). The van der Waals surface area contributed by atoms with E-state index in [0.29, 0.717) is 12.1 Å². The zero-order valence-electron chi connectivity index (χ0n) is 14.5. The summed E-state index contributed by atoms with van der Waals surface area (Å²) in [6.45, 7) is 1.90. The van der Waals surface area contributed by atoms with Gasteiger partial charge in [0.15, 0.2) is 0 Å². The molecule has 7 heteroatoms. The Morgan fingerprint density at radius 3 is 2.76 bits per heavy atom. The van der Waals surface area contributed by atoms with E-state index < -0.39 is 0 Å². The first-order chi connectivity index (χ1) is 11.9. The zero-order chi connectivity index (χ0) is 18.0. The molecule has 1 aliphatic rings. The third kappa shape index (κ3) is 3.88. The van der Waals surface area contributed by atoms with E-state index in [1.165, 1.54) is 0 Å². The van der Waals surface area contributed by atoms with Crippen LogP contribution in [0.3, 0.4) is 0 Å². The van der Waals surface area contributed by atoms with Crippen LogP contribution >= 0.6 is 0 Å². The van der Waals surface area contributed by atoms with Gasteiger partial charge in [0.05, 0.1) is 24.3 Å². The number of benzene rings is 1. The van der Waals surface area contributed by atoms with Crippen molar-refractivity contribution in [3.8, 4) is 0 Å². The molecule has 1 atom stereocenters. The van der Waals surface area contributed by atoms with Gasteiger partial charge in [-0.25, -0.2) is 9.78 Å². The maximum absolute atomic E-state index is 12.2. The SMILES string of the molecule is CC(NC(=O)Nc1ccc(N(C)C)nc1)c1ccc2c(c1)CC(=O)N2. The first-order valence-electron chi connectivity index (χ1n) is 8.06. The van der Waals surface area contributed by atoms with Gasteiger partial charge in [0.25, 0.3) is 0 Å². The van der Waals surface area contributed by atoms with Gasteiger partial charge in [0.1, 0.15) is 5.82 Å². The minimum atomic E-state index is -0.304. The van der Waals surface area contributed by atoms with Crippen molar-refractivity contribution in [2.75, 3.05) is 29.6 Å². The lowest BCUT2D eigenvalue weighted by atomic mass is 10.0. The molecule has 0 radical (unpaired) electrons. The van der Waals surface area contributed by atoms with Crippen molar-refractivity contribution < 1.29 is 9.59 Å². The summed E-state index contributed by atoms with van der Waals surface area (Å²) in [6.07, 6.45) is 2.00. The number of nitrogens with one attached hydrogen (secondary N) is 3. The molecule has 2 aromatic rings. The number of carbonyl (C=O) groups excluding carboxylic acids is 2. The molecular weight excluding hydrogens is 318 g/mol. The highest BCUT2D eigenvalue weighted by molar-refractivity contribution is 5.99. The molecule has 2 heterocycles. The van der Waals surface area contributed by atoms with E-state index in [4.69, 9.17) is 0 Å². The predicted octanol–water partition coefficient (Wildman–Crippen LogP) is 2.52. The lowest BCUT2D eigenvalue weighted by Crippen LogP contribution is -2.31. The summed E-state index contributed by atoms with van der Waals surface area (Å²) < 4.78 is 0. The number of hydrogen-bond acceptors (Lipinski definition) is 4. The molecule has 0 spiro atoms. The summed E-state index contributed by atoms with van der Waals surface area (Å²) in [5.74, 6) is 0.819. The molecule has 130 valence electrons. The Kier molecular flexibility index (Phi) is 4.56. The van der Waals surface area contributed by atoms with Gasteiger partial charge < -0.3 is 20.9 Å². The normalized spacial score (nSPS) is 13.6. The summed E-state index contributed by atoms with van der Waals surface area (Å²) >= 11 is 0. The monoisotopic (exact) mass is 339 g/mol. The second kappa shape index (κ2) is 6.80. The number of rotatable bonds is 4. The first kappa shape index (κ1) is 16.8. The Morgan fingerprint density at radius 2 is 2.08 bits per heavy atom. The van der Waals surface area contributed by atoms with Crippen LogP contribution in [0.4, 0.5) is 22.0 Å². The summed E-state index contributed by atoms with van der Waals surface area (Å²) in [6, 6.07) is 8.88. The molecule has 3 N–H and O–H groups in total. The largest absolute Gasteiger partial charge is 0.363 e. The fourth-order valence-corrected chi connectivity index (χ4v) is 2.69. The molecule has 1 aliphatic heterocycles. The van der Waals surface area contributed by atoms with Crippen LogP contribution in [0.1, 0.15) is 24.1 Å². The van der Waals surface area contributed by atoms with Crippen molar-refractivity contribution in [3.05, 3.63) is 47.7 Å². The number of aromatic nitrogens is 1. The fourth-order valence-electron chi connectivity index (χ4n) is 2.69. The van der Waals surface area contributed by atoms with Gasteiger partial charge in [-0.15, -0.1) is 0 Å². The van der Waals surface area contributed by atoms with Crippen LogP contribution in [0.5, 0.6) is 0 Å². The lowest BCUT2D eigenvalue weighted by Gasteiger charge is -2.16. The Balaban J connectivity index is 1.61. The third-order valence-electron chi connectivity index (χ3n) is 4.07. The molecule has 3 rings (SSSR count). The predicted molar refractivity (Wildman–Crippen MR) is 97.9 cm³/mol. The molecule has 7 nitrogen and oxygen atoms in total. The van der Waals surface area contributed by atoms with Crippen LogP contribution in [0.2, 0.25) is 0 Å². The summed E-state index contributed by atoms with van der Waals surface area (Å²) in [5, 5.41) is 8.46. The number of urea groups is 1. The number of fused-ring (bicyclic) bond motifs is 1. The third-order valence-corrected chi connectivity index (χ3v) is 4.07. The average Bonchev–Trinajstić information content (AvgIpc) is 2.94. The molecule has 25 heavy (non-hydrogen) atoms.